The maximum Gasteiger partial charge on any atom is 0.416 e. The number of aryl methyl sites for hydroxylation is 1. The maximum atomic E-state index is 12.8. The van der Waals surface area contributed by atoms with Crippen molar-refractivity contribution in [1.29, 1.82) is 0 Å². The lowest BCUT2D eigenvalue weighted by Gasteiger charge is -2.10. The van der Waals surface area contributed by atoms with Crippen LogP contribution in [0.4, 0.5) is 13.2 Å². The Hall–Kier alpha value is -2.74. The van der Waals surface area contributed by atoms with E-state index in [1.807, 2.05) is 31.3 Å². The molecular weight excluding hydrogens is 425 g/mol. The van der Waals surface area contributed by atoms with Crippen LogP contribution in [-0.4, -0.2) is 26.6 Å². The fourth-order valence-electron chi connectivity index (χ4n) is 3.32. The van der Waals surface area contributed by atoms with E-state index in [1.54, 1.807) is 22.5 Å². The first-order chi connectivity index (χ1) is 14.6. The van der Waals surface area contributed by atoms with Gasteiger partial charge in [-0.1, -0.05) is 19.1 Å². The summed E-state index contributed by atoms with van der Waals surface area (Å²) in [5.74, 6) is 0.219. The van der Waals surface area contributed by atoms with Gasteiger partial charge in [-0.05, 0) is 72.5 Å². The second-order valence-corrected chi connectivity index (χ2v) is 8.58. The number of rotatable bonds is 8. The van der Waals surface area contributed by atoms with Crippen LogP contribution in [0.2, 0.25) is 0 Å². The molecule has 0 amide bonds. The fourth-order valence-corrected chi connectivity index (χ4v) is 4.44. The van der Waals surface area contributed by atoms with Crippen LogP contribution in [-0.2, 0) is 17.4 Å². The summed E-state index contributed by atoms with van der Waals surface area (Å²) in [7, 11) is 0. The monoisotopic (exact) mass is 448 g/mol. The van der Waals surface area contributed by atoms with Crippen LogP contribution in [0.25, 0.3) is 5.69 Å². The molecule has 1 atom stereocenters. The fraction of sp³-hybridized carbons (Fsp3) is 0.304. The van der Waals surface area contributed by atoms with Crippen molar-refractivity contribution in [1.82, 2.24) is 9.78 Å². The highest BCUT2D eigenvalue weighted by Crippen LogP contribution is 2.31. The number of benzene rings is 2. The second kappa shape index (κ2) is 9.60. The topological polar surface area (TPSA) is 55.1 Å². The van der Waals surface area contributed by atoms with E-state index < -0.39 is 17.7 Å². The third-order valence-electron chi connectivity index (χ3n) is 5.00. The summed E-state index contributed by atoms with van der Waals surface area (Å²) in [4.78, 5) is 11.9. The van der Waals surface area contributed by atoms with Crippen LogP contribution in [0.5, 0.6) is 0 Å². The quantitative estimate of drug-likeness (QED) is 0.422. The molecule has 8 heteroatoms. The van der Waals surface area contributed by atoms with Crippen LogP contribution in [0.3, 0.4) is 0 Å². The number of carbonyl (C=O) groups is 1. The van der Waals surface area contributed by atoms with Crippen molar-refractivity contribution >= 4 is 17.7 Å². The zero-order valence-electron chi connectivity index (χ0n) is 17.2. The Labute approximate surface area is 183 Å². The van der Waals surface area contributed by atoms with Crippen molar-refractivity contribution in [2.24, 2.45) is 0 Å². The molecule has 0 aliphatic carbocycles. The van der Waals surface area contributed by atoms with E-state index in [-0.39, 0.29) is 12.3 Å². The molecule has 0 aliphatic heterocycles. The lowest BCUT2D eigenvalue weighted by molar-refractivity contribution is -0.138. The second-order valence-electron chi connectivity index (χ2n) is 7.42. The van der Waals surface area contributed by atoms with Gasteiger partial charge in [0.05, 0.1) is 23.4 Å². The molecule has 3 aromatic rings. The van der Waals surface area contributed by atoms with Crippen molar-refractivity contribution in [2.75, 3.05) is 5.75 Å². The minimum absolute atomic E-state index is 0.00708. The molecule has 0 bridgehead atoms. The Bertz CT molecular complexity index is 1050. The van der Waals surface area contributed by atoms with Crippen LogP contribution >= 0.6 is 11.8 Å². The van der Waals surface area contributed by atoms with Gasteiger partial charge in [0.1, 0.15) is 0 Å². The predicted octanol–water partition coefficient (Wildman–Crippen LogP) is 6.11. The lowest BCUT2D eigenvalue weighted by Crippen LogP contribution is -2.05. The van der Waals surface area contributed by atoms with Gasteiger partial charge in [0.25, 0.3) is 0 Å². The molecule has 2 aromatic carbocycles. The SMILES string of the molecule is Cc1nn(-c2ccc(C(F)(F)F)cc2)cc1C(C)CCSc1cccc(CC(=O)O)c1. The Morgan fingerprint density at radius 3 is 2.55 bits per heavy atom. The van der Waals surface area contributed by atoms with E-state index in [0.29, 0.717) is 5.69 Å². The summed E-state index contributed by atoms with van der Waals surface area (Å²) < 4.78 is 39.9. The van der Waals surface area contributed by atoms with Crippen molar-refractivity contribution in [3.05, 3.63) is 77.1 Å². The third-order valence-corrected chi connectivity index (χ3v) is 6.03. The van der Waals surface area contributed by atoms with Gasteiger partial charge in [-0.2, -0.15) is 18.3 Å². The molecule has 0 aliphatic rings. The summed E-state index contributed by atoms with van der Waals surface area (Å²) >= 11 is 1.67. The minimum Gasteiger partial charge on any atom is -0.481 e. The summed E-state index contributed by atoms with van der Waals surface area (Å²) in [6.07, 6.45) is -1.59. The van der Waals surface area contributed by atoms with Crippen molar-refractivity contribution in [3.63, 3.8) is 0 Å². The van der Waals surface area contributed by atoms with E-state index in [9.17, 15) is 18.0 Å². The molecule has 0 radical (unpaired) electrons. The predicted molar refractivity (Wildman–Crippen MR) is 115 cm³/mol. The summed E-state index contributed by atoms with van der Waals surface area (Å²) in [5, 5.41) is 13.4. The molecule has 1 aromatic heterocycles. The van der Waals surface area contributed by atoms with Crippen molar-refractivity contribution in [2.45, 2.75) is 43.7 Å². The first kappa shape index (κ1) is 22.9. The van der Waals surface area contributed by atoms with E-state index in [0.717, 1.165) is 46.0 Å². The molecule has 0 saturated carbocycles. The Morgan fingerprint density at radius 1 is 1.19 bits per heavy atom. The van der Waals surface area contributed by atoms with Gasteiger partial charge in [-0.3, -0.25) is 4.79 Å². The Kier molecular flexibility index (Phi) is 7.10. The van der Waals surface area contributed by atoms with E-state index in [1.165, 1.54) is 12.1 Å². The van der Waals surface area contributed by atoms with Crippen LogP contribution in [0.15, 0.2) is 59.6 Å². The number of thioether (sulfide) groups is 1. The molecule has 1 N–H and O–H groups in total. The maximum absolute atomic E-state index is 12.8. The molecule has 1 heterocycles. The molecule has 0 saturated heterocycles. The van der Waals surface area contributed by atoms with Crippen LogP contribution in [0, 0.1) is 6.92 Å². The number of nitrogens with zero attached hydrogens (tertiary/aromatic N) is 2. The average molecular weight is 449 g/mol. The molecule has 4 nitrogen and oxygen atoms in total. The molecule has 1 unspecified atom stereocenters. The van der Waals surface area contributed by atoms with Gasteiger partial charge in [0, 0.05) is 11.1 Å². The smallest absolute Gasteiger partial charge is 0.416 e. The van der Waals surface area contributed by atoms with E-state index in [2.05, 4.69) is 12.0 Å². The zero-order chi connectivity index (χ0) is 22.6. The van der Waals surface area contributed by atoms with E-state index in [4.69, 9.17) is 5.11 Å². The first-order valence-electron chi connectivity index (χ1n) is 9.81. The number of hydrogen-bond donors (Lipinski definition) is 1. The standard InChI is InChI=1S/C23H23F3N2O2S/c1-15(10-11-31-20-5-3-4-17(12-20)13-22(29)30)21-14-28(27-16(21)2)19-8-6-18(7-9-19)23(24,25)26/h3-9,12,14-15H,10-11,13H2,1-2H3,(H,29,30). The molecule has 0 fully saturated rings. The lowest BCUT2D eigenvalue weighted by atomic mass is 10.00. The molecule has 3 rings (SSSR count). The highest BCUT2D eigenvalue weighted by atomic mass is 32.2. The Balaban J connectivity index is 1.62. The number of aliphatic carboxylic acids is 1. The molecular formula is C23H23F3N2O2S. The van der Waals surface area contributed by atoms with Gasteiger partial charge in [-0.25, -0.2) is 4.68 Å². The minimum atomic E-state index is -4.36. The number of hydrogen-bond acceptors (Lipinski definition) is 3. The number of carboxylic acid groups (broad SMARTS) is 1. The number of alkyl halides is 3. The molecule has 31 heavy (non-hydrogen) atoms. The van der Waals surface area contributed by atoms with Crippen molar-refractivity contribution < 1.29 is 23.1 Å². The normalized spacial score (nSPS) is 12.7. The largest absolute Gasteiger partial charge is 0.481 e. The summed E-state index contributed by atoms with van der Waals surface area (Å²) in [6, 6.07) is 12.5. The van der Waals surface area contributed by atoms with E-state index >= 15 is 0 Å². The van der Waals surface area contributed by atoms with Crippen LogP contribution < -0.4 is 0 Å². The Morgan fingerprint density at radius 2 is 1.90 bits per heavy atom. The van der Waals surface area contributed by atoms with Crippen molar-refractivity contribution in [3.8, 4) is 5.69 Å². The average Bonchev–Trinajstić information content (AvgIpc) is 3.09. The van der Waals surface area contributed by atoms with Crippen LogP contribution in [0.1, 0.15) is 41.6 Å². The number of carboxylic acids is 1. The first-order valence-corrected chi connectivity index (χ1v) is 10.8. The number of aromatic nitrogens is 2. The molecule has 0 spiro atoms. The number of halogens is 3. The van der Waals surface area contributed by atoms with Gasteiger partial charge in [0.15, 0.2) is 0 Å². The van der Waals surface area contributed by atoms with Gasteiger partial charge >= 0.3 is 12.1 Å². The zero-order valence-corrected chi connectivity index (χ0v) is 18.0. The van der Waals surface area contributed by atoms with Gasteiger partial charge < -0.3 is 5.11 Å². The highest BCUT2D eigenvalue weighted by molar-refractivity contribution is 7.99. The third kappa shape index (κ3) is 6.13. The highest BCUT2D eigenvalue weighted by Gasteiger charge is 2.30. The van der Waals surface area contributed by atoms with Gasteiger partial charge in [-0.15, -0.1) is 11.8 Å². The molecule has 164 valence electrons. The van der Waals surface area contributed by atoms with Gasteiger partial charge in [0.2, 0.25) is 0 Å². The summed E-state index contributed by atoms with van der Waals surface area (Å²) in [5.41, 5.74) is 2.58. The summed E-state index contributed by atoms with van der Waals surface area (Å²) in [6.45, 7) is 4.00.